The SMILES string of the molecule is C[C@]12CC[C@@H]3c4ccc(B(O)O)cc4CC[C@H]3[C@@H]1[C@@H](CCCC(=O)NC1CCCCC1)CC2=O. The third-order valence-electron chi connectivity index (χ3n) is 9.84. The third kappa shape index (κ3) is 4.48. The molecule has 0 saturated heterocycles. The van der Waals surface area contributed by atoms with E-state index in [1.807, 2.05) is 12.1 Å². The number of benzene rings is 1. The molecule has 3 saturated carbocycles. The van der Waals surface area contributed by atoms with E-state index in [1.165, 1.54) is 30.4 Å². The van der Waals surface area contributed by atoms with E-state index < -0.39 is 7.12 Å². The quantitative estimate of drug-likeness (QED) is 0.560. The second-order valence-electron chi connectivity index (χ2n) is 11.8. The molecule has 0 unspecified atom stereocenters. The number of carbonyl (C=O) groups is 2. The Kier molecular flexibility index (Phi) is 6.92. The van der Waals surface area contributed by atoms with Gasteiger partial charge in [0.25, 0.3) is 0 Å². The Morgan fingerprint density at radius 2 is 1.94 bits per heavy atom. The molecule has 1 aromatic carbocycles. The maximum Gasteiger partial charge on any atom is 0.488 e. The van der Waals surface area contributed by atoms with Gasteiger partial charge in [-0.25, -0.2) is 0 Å². The van der Waals surface area contributed by atoms with Crippen LogP contribution in [0.1, 0.15) is 101 Å². The number of hydrogen-bond acceptors (Lipinski definition) is 4. The molecule has 0 radical (unpaired) electrons. The Bertz CT molecular complexity index is 927. The fourth-order valence-electron chi connectivity index (χ4n) is 8.16. The van der Waals surface area contributed by atoms with Crippen LogP contribution in [0.2, 0.25) is 0 Å². The van der Waals surface area contributed by atoms with Gasteiger partial charge in [0.15, 0.2) is 0 Å². The monoisotopic (exact) mass is 465 g/mol. The van der Waals surface area contributed by atoms with Gasteiger partial charge in [-0.15, -0.1) is 0 Å². The highest BCUT2D eigenvalue weighted by Gasteiger charge is 2.58. The van der Waals surface area contributed by atoms with Crippen LogP contribution < -0.4 is 10.8 Å². The molecule has 6 heteroatoms. The molecule has 0 heterocycles. The molecule has 1 aromatic rings. The van der Waals surface area contributed by atoms with Crippen LogP contribution in [0, 0.1) is 23.2 Å². The highest BCUT2D eigenvalue weighted by Crippen LogP contribution is 2.62. The molecule has 5 rings (SSSR count). The Labute approximate surface area is 204 Å². The number of Topliss-reactive ketones (excluding diaryl/α,β-unsaturated/α-hetero) is 1. The fraction of sp³-hybridized carbons (Fsp3) is 0.714. The van der Waals surface area contributed by atoms with Crippen molar-refractivity contribution >= 4 is 24.3 Å². The minimum atomic E-state index is -1.43. The van der Waals surface area contributed by atoms with Gasteiger partial charge in [0.1, 0.15) is 5.78 Å². The van der Waals surface area contributed by atoms with E-state index in [9.17, 15) is 19.6 Å². The third-order valence-corrected chi connectivity index (χ3v) is 9.84. The number of carbonyl (C=O) groups excluding carboxylic acids is 2. The number of fused-ring (bicyclic) bond motifs is 5. The zero-order chi connectivity index (χ0) is 23.9. The summed E-state index contributed by atoms with van der Waals surface area (Å²) in [5.41, 5.74) is 2.95. The van der Waals surface area contributed by atoms with E-state index >= 15 is 0 Å². The molecular weight excluding hydrogens is 425 g/mol. The summed E-state index contributed by atoms with van der Waals surface area (Å²) in [6, 6.07) is 6.28. The van der Waals surface area contributed by atoms with Gasteiger partial charge in [0.2, 0.25) is 5.91 Å². The lowest BCUT2D eigenvalue weighted by atomic mass is 9.53. The van der Waals surface area contributed by atoms with E-state index in [1.54, 1.807) is 0 Å². The maximum atomic E-state index is 13.2. The average Bonchev–Trinajstić information content (AvgIpc) is 3.09. The summed E-state index contributed by atoms with van der Waals surface area (Å²) in [5, 5.41) is 22.4. The van der Waals surface area contributed by atoms with E-state index in [0.29, 0.717) is 53.8 Å². The van der Waals surface area contributed by atoms with Crippen molar-refractivity contribution in [1.82, 2.24) is 5.32 Å². The van der Waals surface area contributed by atoms with Crippen molar-refractivity contribution in [3.8, 4) is 0 Å². The van der Waals surface area contributed by atoms with Crippen LogP contribution in [0.5, 0.6) is 0 Å². The van der Waals surface area contributed by atoms with Gasteiger partial charge in [-0.2, -0.15) is 0 Å². The van der Waals surface area contributed by atoms with Crippen LogP contribution in [-0.2, 0) is 16.0 Å². The summed E-state index contributed by atoms with van der Waals surface area (Å²) < 4.78 is 0. The van der Waals surface area contributed by atoms with Gasteiger partial charge in [-0.1, -0.05) is 44.4 Å². The van der Waals surface area contributed by atoms with Gasteiger partial charge in [0.05, 0.1) is 0 Å². The summed E-state index contributed by atoms with van der Waals surface area (Å²) in [4.78, 5) is 25.7. The van der Waals surface area contributed by atoms with Crippen molar-refractivity contribution < 1.29 is 19.6 Å². The summed E-state index contributed by atoms with van der Waals surface area (Å²) in [7, 11) is -1.43. The predicted octanol–water partition coefficient (Wildman–Crippen LogP) is 3.64. The van der Waals surface area contributed by atoms with Crippen LogP contribution in [0.3, 0.4) is 0 Å². The minimum absolute atomic E-state index is 0.189. The number of nitrogens with one attached hydrogen (secondary N) is 1. The topological polar surface area (TPSA) is 86.6 Å². The molecule has 4 aliphatic carbocycles. The molecule has 5 atom stereocenters. The number of ketones is 1. The molecule has 0 aliphatic heterocycles. The van der Waals surface area contributed by atoms with Crippen molar-refractivity contribution in [3.05, 3.63) is 29.3 Å². The molecule has 34 heavy (non-hydrogen) atoms. The van der Waals surface area contributed by atoms with Crippen molar-refractivity contribution in [2.45, 2.75) is 102 Å². The second kappa shape index (κ2) is 9.77. The Morgan fingerprint density at radius 1 is 1.15 bits per heavy atom. The molecule has 0 aromatic heterocycles. The van der Waals surface area contributed by atoms with Crippen LogP contribution in [-0.4, -0.2) is 34.9 Å². The smallest absolute Gasteiger partial charge is 0.423 e. The standard InChI is InChI=1S/C28H40BNO4/c1-28-15-14-23-22-13-11-20(29(33)34)16-18(22)10-12-24(23)27(28)19(17-25(28)31)6-5-9-26(32)30-21-7-3-2-4-8-21/h11,13,16,19,21,23-24,27,33-34H,2-10,12,14-15,17H2,1H3,(H,30,32)/t19-,23+,24+,27-,28+/m0/s1. The number of hydrogen-bond donors (Lipinski definition) is 3. The first-order chi connectivity index (χ1) is 16.4. The van der Waals surface area contributed by atoms with Gasteiger partial charge in [0, 0.05) is 24.3 Å². The second-order valence-corrected chi connectivity index (χ2v) is 11.8. The molecule has 0 spiro atoms. The van der Waals surface area contributed by atoms with Gasteiger partial charge < -0.3 is 15.4 Å². The van der Waals surface area contributed by atoms with E-state index in [4.69, 9.17) is 0 Å². The lowest BCUT2D eigenvalue weighted by Gasteiger charge is -2.50. The molecule has 5 nitrogen and oxygen atoms in total. The Morgan fingerprint density at radius 3 is 2.71 bits per heavy atom. The first-order valence-electron chi connectivity index (χ1n) is 13.7. The zero-order valence-corrected chi connectivity index (χ0v) is 20.6. The minimum Gasteiger partial charge on any atom is -0.423 e. The van der Waals surface area contributed by atoms with E-state index in [0.717, 1.165) is 51.4 Å². The van der Waals surface area contributed by atoms with Gasteiger partial charge in [-0.3, -0.25) is 9.59 Å². The van der Waals surface area contributed by atoms with Gasteiger partial charge >= 0.3 is 7.12 Å². The summed E-state index contributed by atoms with van der Waals surface area (Å²) in [6.45, 7) is 2.22. The molecule has 184 valence electrons. The predicted molar refractivity (Wildman–Crippen MR) is 134 cm³/mol. The van der Waals surface area contributed by atoms with Gasteiger partial charge in [-0.05, 0) is 91.6 Å². The zero-order valence-electron chi connectivity index (χ0n) is 20.6. The Hall–Kier alpha value is -1.66. The normalized spacial score (nSPS) is 33.1. The van der Waals surface area contributed by atoms with Crippen LogP contribution in [0.25, 0.3) is 0 Å². The first kappa shape index (κ1) is 24.1. The van der Waals surface area contributed by atoms with Crippen LogP contribution >= 0.6 is 0 Å². The number of rotatable bonds is 6. The Balaban J connectivity index is 1.25. The number of aryl methyl sites for hydroxylation is 1. The number of amides is 1. The summed E-state index contributed by atoms with van der Waals surface area (Å²) in [5.74, 6) is 2.37. The summed E-state index contributed by atoms with van der Waals surface area (Å²) >= 11 is 0. The lowest BCUT2D eigenvalue weighted by Crippen LogP contribution is -2.44. The maximum absolute atomic E-state index is 13.2. The van der Waals surface area contributed by atoms with Crippen LogP contribution in [0.4, 0.5) is 0 Å². The highest BCUT2D eigenvalue weighted by molar-refractivity contribution is 6.58. The summed E-state index contributed by atoms with van der Waals surface area (Å²) in [6.07, 6.45) is 13.1. The van der Waals surface area contributed by atoms with Crippen LogP contribution in [0.15, 0.2) is 18.2 Å². The van der Waals surface area contributed by atoms with E-state index in [2.05, 4.69) is 18.3 Å². The van der Waals surface area contributed by atoms with Crippen molar-refractivity contribution in [2.75, 3.05) is 0 Å². The van der Waals surface area contributed by atoms with Crippen molar-refractivity contribution in [2.24, 2.45) is 23.2 Å². The van der Waals surface area contributed by atoms with Crippen molar-refractivity contribution in [1.29, 1.82) is 0 Å². The molecule has 0 bridgehead atoms. The molecule has 1 amide bonds. The molecular formula is C28H40BNO4. The lowest BCUT2D eigenvalue weighted by molar-refractivity contribution is -0.129. The largest absolute Gasteiger partial charge is 0.488 e. The molecule has 3 N–H and O–H groups in total. The first-order valence-corrected chi connectivity index (χ1v) is 13.7. The fourth-order valence-corrected chi connectivity index (χ4v) is 8.16. The van der Waals surface area contributed by atoms with Crippen molar-refractivity contribution in [3.63, 3.8) is 0 Å². The van der Waals surface area contributed by atoms with E-state index in [-0.39, 0.29) is 11.3 Å². The average molecular weight is 465 g/mol. The molecule has 4 aliphatic rings. The molecule has 3 fully saturated rings. The highest BCUT2D eigenvalue weighted by atomic mass is 16.4.